The number of rotatable bonds is 3. The average Bonchev–Trinajstić information content (AvgIpc) is 3.04. The van der Waals surface area contributed by atoms with Gasteiger partial charge in [-0.25, -0.2) is 0 Å². The van der Waals surface area contributed by atoms with Gasteiger partial charge in [-0.05, 0) is 38.0 Å². The number of pyridine rings is 1. The largest absolute Gasteiger partial charge is 0.368 e. The zero-order valence-electron chi connectivity index (χ0n) is 13.8. The summed E-state index contributed by atoms with van der Waals surface area (Å²) in [5.41, 5.74) is 6.52. The van der Waals surface area contributed by atoms with E-state index in [1.165, 1.54) is 4.90 Å². The molecule has 0 atom stereocenters. The number of halogens is 1. The second kappa shape index (κ2) is 6.06. The molecule has 0 unspecified atom stereocenters. The van der Waals surface area contributed by atoms with Crippen LogP contribution in [0.4, 0.5) is 0 Å². The molecule has 1 saturated carbocycles. The Kier molecular flexibility index (Phi) is 4.22. The van der Waals surface area contributed by atoms with Crippen LogP contribution in [0.15, 0.2) is 24.3 Å². The van der Waals surface area contributed by atoms with Gasteiger partial charge < -0.3 is 10.6 Å². The third-order valence-electron chi connectivity index (χ3n) is 4.96. The standard InChI is InChI=1S/C18H20ClN3O2/c1-11-5-6-12-9-13(19)10-14(15(12)21-11)16(23)22(2)18(17(20)24)7-3-4-8-18/h5-6,9-10H,3-4,7-8H2,1-2H3,(H2,20,24). The van der Waals surface area contributed by atoms with Gasteiger partial charge in [-0.3, -0.25) is 14.6 Å². The van der Waals surface area contributed by atoms with Crippen molar-refractivity contribution in [3.05, 3.63) is 40.5 Å². The quantitative estimate of drug-likeness (QED) is 0.928. The number of likely N-dealkylation sites (N-methyl/N-ethyl adjacent to an activating group) is 1. The summed E-state index contributed by atoms with van der Waals surface area (Å²) >= 11 is 6.18. The molecule has 2 amide bonds. The van der Waals surface area contributed by atoms with E-state index in [2.05, 4.69) is 4.98 Å². The van der Waals surface area contributed by atoms with Crippen LogP contribution in [0.3, 0.4) is 0 Å². The fourth-order valence-corrected chi connectivity index (χ4v) is 3.77. The minimum absolute atomic E-state index is 0.277. The normalized spacial score (nSPS) is 16.3. The van der Waals surface area contributed by atoms with Crippen LogP contribution >= 0.6 is 11.6 Å². The minimum atomic E-state index is -0.921. The van der Waals surface area contributed by atoms with Crippen molar-refractivity contribution in [2.45, 2.75) is 38.1 Å². The predicted octanol–water partition coefficient (Wildman–Crippen LogP) is 3.07. The van der Waals surface area contributed by atoms with Crippen LogP contribution in [0.1, 0.15) is 41.7 Å². The Morgan fingerprint density at radius 1 is 1.25 bits per heavy atom. The smallest absolute Gasteiger partial charge is 0.256 e. The Morgan fingerprint density at radius 3 is 2.54 bits per heavy atom. The van der Waals surface area contributed by atoms with Crippen molar-refractivity contribution in [2.24, 2.45) is 5.73 Å². The van der Waals surface area contributed by atoms with Crippen molar-refractivity contribution in [2.75, 3.05) is 7.05 Å². The number of primary amides is 1. The van der Waals surface area contributed by atoms with Crippen molar-refractivity contribution in [1.29, 1.82) is 0 Å². The van der Waals surface area contributed by atoms with E-state index in [1.54, 1.807) is 19.2 Å². The first-order valence-corrected chi connectivity index (χ1v) is 8.38. The van der Waals surface area contributed by atoms with Gasteiger partial charge >= 0.3 is 0 Å². The van der Waals surface area contributed by atoms with E-state index in [0.717, 1.165) is 23.9 Å². The van der Waals surface area contributed by atoms with E-state index in [0.29, 0.717) is 28.9 Å². The number of aryl methyl sites for hydroxylation is 1. The maximum Gasteiger partial charge on any atom is 0.256 e. The number of carbonyl (C=O) groups excluding carboxylic acids is 2. The lowest BCUT2D eigenvalue weighted by Crippen LogP contribution is -2.56. The van der Waals surface area contributed by atoms with E-state index < -0.39 is 11.4 Å². The molecule has 5 nitrogen and oxygen atoms in total. The molecule has 2 aromatic rings. The number of amides is 2. The number of nitrogens with zero attached hydrogens (tertiary/aromatic N) is 2. The first-order valence-electron chi connectivity index (χ1n) is 8.00. The molecule has 0 aliphatic heterocycles. The zero-order chi connectivity index (χ0) is 17.5. The van der Waals surface area contributed by atoms with Crippen LogP contribution in [0.5, 0.6) is 0 Å². The SMILES string of the molecule is Cc1ccc2cc(Cl)cc(C(=O)N(C)C3(C(N)=O)CCCC3)c2n1. The summed E-state index contributed by atoms with van der Waals surface area (Å²) in [7, 11) is 1.64. The van der Waals surface area contributed by atoms with Gasteiger partial charge in [0.25, 0.3) is 5.91 Å². The van der Waals surface area contributed by atoms with E-state index in [9.17, 15) is 9.59 Å². The summed E-state index contributed by atoms with van der Waals surface area (Å²) in [6, 6.07) is 7.15. The Balaban J connectivity index is 2.11. The Bertz CT molecular complexity index is 828. The van der Waals surface area contributed by atoms with Crippen molar-refractivity contribution in [1.82, 2.24) is 9.88 Å². The predicted molar refractivity (Wildman–Crippen MR) is 94.0 cm³/mol. The molecular formula is C18H20ClN3O2. The molecule has 3 rings (SSSR count). The van der Waals surface area contributed by atoms with Gasteiger partial charge in [-0.2, -0.15) is 0 Å². The maximum absolute atomic E-state index is 13.1. The summed E-state index contributed by atoms with van der Waals surface area (Å²) in [6.45, 7) is 1.87. The van der Waals surface area contributed by atoms with E-state index in [1.807, 2.05) is 19.1 Å². The number of fused-ring (bicyclic) bond motifs is 1. The summed E-state index contributed by atoms with van der Waals surface area (Å²) in [5.74, 6) is -0.729. The topological polar surface area (TPSA) is 76.3 Å². The highest BCUT2D eigenvalue weighted by atomic mass is 35.5. The van der Waals surface area contributed by atoms with Crippen LogP contribution in [0, 0.1) is 6.92 Å². The summed E-state index contributed by atoms with van der Waals surface area (Å²) in [5, 5.41) is 1.26. The number of hydrogen-bond donors (Lipinski definition) is 1. The van der Waals surface area contributed by atoms with Crippen LogP contribution in [-0.2, 0) is 4.79 Å². The molecule has 1 heterocycles. The summed E-state index contributed by atoms with van der Waals surface area (Å²) in [6.07, 6.45) is 2.95. The molecule has 0 saturated heterocycles. The molecular weight excluding hydrogens is 326 g/mol. The highest BCUT2D eigenvalue weighted by molar-refractivity contribution is 6.32. The van der Waals surface area contributed by atoms with E-state index >= 15 is 0 Å². The Labute approximate surface area is 145 Å². The van der Waals surface area contributed by atoms with Crippen molar-refractivity contribution >= 4 is 34.3 Å². The molecule has 24 heavy (non-hydrogen) atoms. The minimum Gasteiger partial charge on any atom is -0.368 e. The molecule has 1 aliphatic carbocycles. The van der Waals surface area contributed by atoms with E-state index in [-0.39, 0.29) is 5.91 Å². The van der Waals surface area contributed by atoms with Gasteiger partial charge in [-0.15, -0.1) is 0 Å². The van der Waals surface area contributed by atoms with Crippen LogP contribution in [0.2, 0.25) is 5.02 Å². The number of carbonyl (C=O) groups is 2. The lowest BCUT2D eigenvalue weighted by atomic mass is 9.93. The van der Waals surface area contributed by atoms with Crippen LogP contribution in [-0.4, -0.2) is 34.3 Å². The van der Waals surface area contributed by atoms with Gasteiger partial charge in [-0.1, -0.05) is 30.5 Å². The van der Waals surface area contributed by atoms with Gasteiger partial charge in [0, 0.05) is 23.2 Å². The first-order chi connectivity index (χ1) is 11.3. The van der Waals surface area contributed by atoms with Gasteiger partial charge in [0.15, 0.2) is 0 Å². The number of aromatic nitrogens is 1. The zero-order valence-corrected chi connectivity index (χ0v) is 14.6. The highest BCUT2D eigenvalue weighted by Crippen LogP contribution is 2.36. The second-order valence-corrected chi connectivity index (χ2v) is 6.88. The molecule has 0 radical (unpaired) electrons. The average molecular weight is 346 g/mol. The fraction of sp³-hybridized carbons (Fsp3) is 0.389. The molecule has 126 valence electrons. The van der Waals surface area contributed by atoms with Crippen LogP contribution < -0.4 is 5.73 Å². The Morgan fingerprint density at radius 2 is 1.92 bits per heavy atom. The Hall–Kier alpha value is -2.14. The molecule has 1 fully saturated rings. The highest BCUT2D eigenvalue weighted by Gasteiger charge is 2.45. The molecule has 2 N–H and O–H groups in total. The van der Waals surface area contributed by atoms with E-state index in [4.69, 9.17) is 17.3 Å². The second-order valence-electron chi connectivity index (χ2n) is 6.44. The molecule has 1 aliphatic rings. The third-order valence-corrected chi connectivity index (χ3v) is 5.18. The summed E-state index contributed by atoms with van der Waals surface area (Å²) < 4.78 is 0. The lowest BCUT2D eigenvalue weighted by Gasteiger charge is -2.36. The molecule has 0 bridgehead atoms. The van der Waals surface area contributed by atoms with Crippen molar-refractivity contribution < 1.29 is 9.59 Å². The molecule has 1 aromatic heterocycles. The van der Waals surface area contributed by atoms with Gasteiger partial charge in [0.1, 0.15) is 5.54 Å². The lowest BCUT2D eigenvalue weighted by molar-refractivity contribution is -0.127. The third kappa shape index (κ3) is 2.63. The monoisotopic (exact) mass is 345 g/mol. The van der Waals surface area contributed by atoms with Crippen molar-refractivity contribution in [3.8, 4) is 0 Å². The van der Waals surface area contributed by atoms with Crippen molar-refractivity contribution in [3.63, 3.8) is 0 Å². The summed E-state index contributed by atoms with van der Waals surface area (Å²) in [4.78, 5) is 31.2. The molecule has 6 heteroatoms. The number of nitrogens with two attached hydrogens (primary N) is 1. The molecule has 1 aromatic carbocycles. The molecule has 0 spiro atoms. The first kappa shape index (κ1) is 16.7. The van der Waals surface area contributed by atoms with Crippen LogP contribution in [0.25, 0.3) is 10.9 Å². The van der Waals surface area contributed by atoms with Gasteiger partial charge in [0.2, 0.25) is 5.91 Å². The fourth-order valence-electron chi connectivity index (χ4n) is 3.54. The number of benzene rings is 1. The van der Waals surface area contributed by atoms with Gasteiger partial charge in [0.05, 0.1) is 11.1 Å². The number of hydrogen-bond acceptors (Lipinski definition) is 3. The maximum atomic E-state index is 13.1.